The predicted octanol–water partition coefficient (Wildman–Crippen LogP) is 10.5. The molecule has 0 unspecified atom stereocenters. The average Bonchev–Trinajstić information content (AvgIpc) is 2.68. The van der Waals surface area contributed by atoms with E-state index in [2.05, 4.69) is 6.92 Å². The maximum Gasteiger partial charge on any atom is 0.254 e. The van der Waals surface area contributed by atoms with Crippen LogP contribution in [-0.4, -0.2) is 6.69 Å². The van der Waals surface area contributed by atoms with Crippen LogP contribution >= 0.6 is 22.2 Å². The summed E-state index contributed by atoms with van der Waals surface area (Å²) in [4.78, 5) is 0. The summed E-state index contributed by atoms with van der Waals surface area (Å²) in [6.45, 7) is 0.330. The van der Waals surface area contributed by atoms with E-state index in [1.807, 2.05) is 0 Å². The van der Waals surface area contributed by atoms with Gasteiger partial charge in [-0.3, -0.25) is 0 Å². The van der Waals surface area contributed by atoms with Gasteiger partial charge in [0.1, 0.15) is 0 Å². The van der Waals surface area contributed by atoms with Gasteiger partial charge in [0, 0.05) is 0 Å². The van der Waals surface area contributed by atoms with E-state index in [0.29, 0.717) is 5.54 Å². The molecule has 3 heteroatoms. The Morgan fingerprint density at radius 2 is 0.926 bits per heavy atom. The molecule has 0 aromatic heterocycles. The zero-order valence-electron chi connectivity index (χ0n) is 18.4. The van der Waals surface area contributed by atoms with Crippen molar-refractivity contribution >= 4 is 28.9 Å². The van der Waals surface area contributed by atoms with E-state index in [0.717, 1.165) is 6.04 Å². The maximum atomic E-state index is 6.78. The molecule has 0 aromatic rings. The molecule has 0 N–H and O–H groups in total. The lowest BCUT2D eigenvalue weighted by molar-refractivity contribution is 0.495. The number of hydrogen-bond acceptors (Lipinski definition) is 0. The summed E-state index contributed by atoms with van der Waals surface area (Å²) in [5.41, 5.74) is 0.686. The molecule has 1 rings (SSSR count). The summed E-state index contributed by atoms with van der Waals surface area (Å²) in [6.07, 6.45) is 29.5. The first kappa shape index (κ1) is 25.8. The SMILES string of the molecule is CCCCCCCCCCCCCCCCCC[Si](Cl)(Cl)C1CCCCC1. The number of rotatable bonds is 18. The van der Waals surface area contributed by atoms with E-state index in [1.54, 1.807) is 0 Å². The molecule has 1 fully saturated rings. The molecular formula is C24H48Cl2Si. The van der Waals surface area contributed by atoms with Crippen molar-refractivity contribution in [2.45, 2.75) is 153 Å². The highest BCUT2D eigenvalue weighted by molar-refractivity contribution is 7.46. The number of unbranched alkanes of at least 4 members (excludes halogenated alkanes) is 15. The van der Waals surface area contributed by atoms with E-state index in [1.165, 1.54) is 135 Å². The predicted molar refractivity (Wildman–Crippen MR) is 129 cm³/mol. The van der Waals surface area contributed by atoms with Crippen molar-refractivity contribution in [2.75, 3.05) is 0 Å². The van der Waals surface area contributed by atoms with Crippen LogP contribution in [-0.2, 0) is 0 Å². The monoisotopic (exact) mass is 434 g/mol. The average molecular weight is 436 g/mol. The third-order valence-corrected chi connectivity index (χ3v) is 12.3. The molecule has 0 aromatic carbocycles. The van der Waals surface area contributed by atoms with Gasteiger partial charge >= 0.3 is 0 Å². The fourth-order valence-electron chi connectivity index (χ4n) is 4.64. The summed E-state index contributed by atoms with van der Waals surface area (Å²) in [7, 11) is 0. The van der Waals surface area contributed by atoms with Crippen molar-refractivity contribution in [3.63, 3.8) is 0 Å². The highest BCUT2D eigenvalue weighted by Crippen LogP contribution is 2.44. The molecule has 0 nitrogen and oxygen atoms in total. The first-order valence-electron chi connectivity index (χ1n) is 12.5. The van der Waals surface area contributed by atoms with Crippen LogP contribution in [0.3, 0.4) is 0 Å². The minimum Gasteiger partial charge on any atom is -0.146 e. The van der Waals surface area contributed by atoms with Crippen LogP contribution in [0.2, 0.25) is 11.6 Å². The van der Waals surface area contributed by atoms with Crippen LogP contribution in [0.4, 0.5) is 0 Å². The molecule has 1 aliphatic carbocycles. The van der Waals surface area contributed by atoms with Crippen LogP contribution < -0.4 is 0 Å². The largest absolute Gasteiger partial charge is 0.254 e. The normalized spacial score (nSPS) is 16.1. The van der Waals surface area contributed by atoms with Gasteiger partial charge in [-0.2, -0.15) is 0 Å². The zero-order chi connectivity index (χ0) is 19.6. The lowest BCUT2D eigenvalue weighted by Crippen LogP contribution is -2.28. The summed E-state index contributed by atoms with van der Waals surface area (Å²) < 4.78 is 0. The summed E-state index contributed by atoms with van der Waals surface area (Å²) >= 11 is 13.6. The van der Waals surface area contributed by atoms with E-state index >= 15 is 0 Å². The first-order chi connectivity index (χ1) is 13.2. The Kier molecular flexibility index (Phi) is 16.9. The third-order valence-electron chi connectivity index (χ3n) is 6.57. The van der Waals surface area contributed by atoms with Gasteiger partial charge in [0.25, 0.3) is 6.69 Å². The second-order valence-electron chi connectivity index (χ2n) is 9.15. The van der Waals surface area contributed by atoms with Crippen molar-refractivity contribution in [1.29, 1.82) is 0 Å². The van der Waals surface area contributed by atoms with Gasteiger partial charge in [0.15, 0.2) is 0 Å². The van der Waals surface area contributed by atoms with Crippen molar-refractivity contribution in [1.82, 2.24) is 0 Å². The summed E-state index contributed by atoms with van der Waals surface area (Å²) in [6, 6.07) is 1.14. The summed E-state index contributed by atoms with van der Waals surface area (Å²) in [5, 5.41) is 0. The second-order valence-corrected chi connectivity index (χ2v) is 16.6. The number of hydrogen-bond donors (Lipinski definition) is 0. The molecule has 1 saturated carbocycles. The van der Waals surface area contributed by atoms with E-state index < -0.39 is 6.69 Å². The van der Waals surface area contributed by atoms with E-state index in [9.17, 15) is 0 Å². The second kappa shape index (κ2) is 17.6. The van der Waals surface area contributed by atoms with Gasteiger partial charge in [0.2, 0.25) is 0 Å². The minimum absolute atomic E-state index is 0.686. The van der Waals surface area contributed by atoms with Crippen molar-refractivity contribution in [3.05, 3.63) is 0 Å². The Bertz CT molecular complexity index is 314. The molecule has 1 aliphatic rings. The third kappa shape index (κ3) is 14.4. The van der Waals surface area contributed by atoms with Gasteiger partial charge in [-0.25, -0.2) is 0 Å². The van der Waals surface area contributed by atoms with Crippen LogP contribution in [0, 0.1) is 0 Å². The van der Waals surface area contributed by atoms with E-state index in [4.69, 9.17) is 22.2 Å². The molecule has 162 valence electrons. The van der Waals surface area contributed by atoms with Crippen molar-refractivity contribution in [3.8, 4) is 0 Å². The topological polar surface area (TPSA) is 0 Å². The lowest BCUT2D eigenvalue weighted by atomic mass is 10.0. The zero-order valence-corrected chi connectivity index (χ0v) is 20.9. The highest BCUT2D eigenvalue weighted by atomic mass is 35.7. The molecular weight excluding hydrogens is 387 g/mol. The van der Waals surface area contributed by atoms with Gasteiger partial charge < -0.3 is 0 Å². The molecule has 0 bridgehead atoms. The highest BCUT2D eigenvalue weighted by Gasteiger charge is 2.38. The molecule has 0 spiro atoms. The summed E-state index contributed by atoms with van der Waals surface area (Å²) in [5.74, 6) is 0. The minimum atomic E-state index is -1.97. The lowest BCUT2D eigenvalue weighted by Gasteiger charge is -2.30. The smallest absolute Gasteiger partial charge is 0.146 e. The van der Waals surface area contributed by atoms with E-state index in [-0.39, 0.29) is 0 Å². The quantitative estimate of drug-likeness (QED) is 0.114. The molecule has 0 aliphatic heterocycles. The van der Waals surface area contributed by atoms with Gasteiger partial charge in [-0.15, -0.1) is 22.2 Å². The fourth-order valence-corrected chi connectivity index (χ4v) is 9.13. The fraction of sp³-hybridized carbons (Fsp3) is 1.00. The van der Waals surface area contributed by atoms with Crippen LogP contribution in [0.15, 0.2) is 0 Å². The maximum absolute atomic E-state index is 6.78. The first-order valence-corrected chi connectivity index (χ1v) is 16.9. The Morgan fingerprint density at radius 3 is 1.33 bits per heavy atom. The Morgan fingerprint density at radius 1 is 0.556 bits per heavy atom. The molecule has 0 saturated heterocycles. The van der Waals surface area contributed by atoms with Gasteiger partial charge in [-0.05, 0) is 11.6 Å². The van der Waals surface area contributed by atoms with Crippen LogP contribution in [0.25, 0.3) is 0 Å². The Labute approximate surface area is 182 Å². The van der Waals surface area contributed by atoms with Crippen LogP contribution in [0.5, 0.6) is 0 Å². The Balaban J connectivity index is 1.79. The molecule has 0 radical (unpaired) electrons. The van der Waals surface area contributed by atoms with Gasteiger partial charge in [-0.1, -0.05) is 142 Å². The standard InChI is InChI=1S/C24H48Cl2Si/c1-2-3-4-5-6-7-8-9-10-11-12-13-14-15-16-20-23-27(25,26)24-21-18-17-19-22-24/h24H,2-23H2,1H3. The molecule has 0 atom stereocenters. The van der Waals surface area contributed by atoms with Crippen molar-refractivity contribution < 1.29 is 0 Å². The molecule has 27 heavy (non-hydrogen) atoms. The molecule has 0 heterocycles. The molecule has 0 amide bonds. The number of halogens is 2. The van der Waals surface area contributed by atoms with Gasteiger partial charge in [0.05, 0.1) is 0 Å². The van der Waals surface area contributed by atoms with Crippen molar-refractivity contribution in [2.24, 2.45) is 0 Å². The Hall–Kier alpha value is 0.797. The van der Waals surface area contributed by atoms with Crippen LogP contribution in [0.1, 0.15) is 142 Å².